The third kappa shape index (κ3) is 1.93. The molecule has 5 nitrogen and oxygen atoms in total. The van der Waals surface area contributed by atoms with Gasteiger partial charge in [-0.05, 0) is 30.7 Å². The number of carbonyl (C=O) groups excluding carboxylic acids is 1. The zero-order chi connectivity index (χ0) is 14.2. The Morgan fingerprint density at radius 3 is 2.86 bits per heavy atom. The number of para-hydroxylation sites is 2. The first-order valence-electron chi connectivity index (χ1n) is 7.10. The molecule has 3 heterocycles. The first-order chi connectivity index (χ1) is 10.3. The minimum atomic E-state index is -0.0371. The third-order valence-corrected chi connectivity index (χ3v) is 3.84. The number of benzene rings is 1. The molecule has 1 aromatic carbocycles. The summed E-state index contributed by atoms with van der Waals surface area (Å²) in [6.45, 7) is 2.01. The first kappa shape index (κ1) is 12.2. The van der Waals surface area contributed by atoms with Gasteiger partial charge >= 0.3 is 0 Å². The van der Waals surface area contributed by atoms with E-state index in [1.54, 1.807) is 12.1 Å². The molecular weight excluding hydrogens is 266 g/mol. The number of anilines is 2. The zero-order valence-corrected chi connectivity index (χ0v) is 11.5. The summed E-state index contributed by atoms with van der Waals surface area (Å²) in [4.78, 5) is 21.1. The molecule has 0 aliphatic carbocycles. The fraction of sp³-hybridized carbons (Fsp3) is 0.250. The number of furan rings is 1. The Balaban J connectivity index is 1.70. The largest absolute Gasteiger partial charge is 0.461 e. The minimum Gasteiger partial charge on any atom is -0.461 e. The molecule has 0 saturated heterocycles. The number of hydrogen-bond acceptors (Lipinski definition) is 5. The molecule has 0 radical (unpaired) electrons. The van der Waals surface area contributed by atoms with E-state index < -0.39 is 0 Å². The van der Waals surface area contributed by atoms with Gasteiger partial charge in [-0.3, -0.25) is 9.79 Å². The van der Waals surface area contributed by atoms with E-state index >= 15 is 0 Å². The molecule has 0 spiro atoms. The zero-order valence-electron chi connectivity index (χ0n) is 11.5. The smallest absolute Gasteiger partial charge is 0.217 e. The van der Waals surface area contributed by atoms with Crippen LogP contribution >= 0.6 is 0 Å². The summed E-state index contributed by atoms with van der Waals surface area (Å²) in [6, 6.07) is 11.5. The molecular formula is C16H15N3O2. The molecule has 0 unspecified atom stereocenters. The van der Waals surface area contributed by atoms with E-state index in [0.717, 1.165) is 36.8 Å². The highest BCUT2D eigenvalue weighted by atomic mass is 16.3. The van der Waals surface area contributed by atoms with Crippen LogP contribution in [0, 0.1) is 0 Å². The molecule has 0 N–H and O–H groups in total. The lowest BCUT2D eigenvalue weighted by Crippen LogP contribution is -2.43. The van der Waals surface area contributed by atoms with Gasteiger partial charge in [0.1, 0.15) is 0 Å². The van der Waals surface area contributed by atoms with Crippen LogP contribution in [0.25, 0.3) is 0 Å². The number of rotatable bonds is 3. The van der Waals surface area contributed by atoms with Gasteiger partial charge in [-0.2, -0.15) is 0 Å². The van der Waals surface area contributed by atoms with Crippen molar-refractivity contribution in [1.29, 1.82) is 0 Å². The Kier molecular flexibility index (Phi) is 2.77. The van der Waals surface area contributed by atoms with Gasteiger partial charge < -0.3 is 14.2 Å². The lowest BCUT2D eigenvalue weighted by Gasteiger charge is -2.26. The summed E-state index contributed by atoms with van der Waals surface area (Å²) >= 11 is 0. The van der Waals surface area contributed by atoms with E-state index in [-0.39, 0.29) is 12.3 Å². The Bertz CT molecular complexity index is 706. The van der Waals surface area contributed by atoms with Gasteiger partial charge in [0.2, 0.25) is 11.7 Å². The number of hydrogen-bond donors (Lipinski definition) is 0. The fourth-order valence-electron chi connectivity index (χ4n) is 2.90. The topological polar surface area (TPSA) is 49.1 Å². The van der Waals surface area contributed by atoms with Crippen molar-refractivity contribution in [1.82, 2.24) is 0 Å². The van der Waals surface area contributed by atoms with Crippen molar-refractivity contribution in [3.05, 3.63) is 48.4 Å². The number of aliphatic imine (C=N–C) groups is 1. The maximum absolute atomic E-state index is 12.3. The van der Waals surface area contributed by atoms with E-state index in [4.69, 9.17) is 4.42 Å². The van der Waals surface area contributed by atoms with Crippen LogP contribution in [0.4, 0.5) is 11.4 Å². The van der Waals surface area contributed by atoms with Gasteiger partial charge in [0.25, 0.3) is 0 Å². The molecule has 4 rings (SSSR count). The number of fused-ring (bicyclic) bond motifs is 3. The SMILES string of the molecule is O=C(CN1C2=NCCCN2c2ccccc21)c1ccco1. The molecule has 0 bridgehead atoms. The Morgan fingerprint density at radius 2 is 2.05 bits per heavy atom. The molecule has 1 aromatic heterocycles. The highest BCUT2D eigenvalue weighted by Gasteiger charge is 2.35. The van der Waals surface area contributed by atoms with Gasteiger partial charge in [0, 0.05) is 13.1 Å². The summed E-state index contributed by atoms with van der Waals surface area (Å²) in [6.07, 6.45) is 2.56. The van der Waals surface area contributed by atoms with Crippen LogP contribution in [-0.4, -0.2) is 31.4 Å². The van der Waals surface area contributed by atoms with Gasteiger partial charge in [-0.25, -0.2) is 0 Å². The second-order valence-electron chi connectivity index (χ2n) is 5.16. The quantitative estimate of drug-likeness (QED) is 0.811. The number of Topliss-reactive ketones (excluding diaryl/α,β-unsaturated/α-hetero) is 1. The number of nitrogens with zero attached hydrogens (tertiary/aromatic N) is 3. The minimum absolute atomic E-state index is 0.0371. The Hall–Kier alpha value is -2.56. The molecule has 0 atom stereocenters. The molecule has 0 amide bonds. The van der Waals surface area contributed by atoms with E-state index in [0.29, 0.717) is 5.76 Å². The molecule has 106 valence electrons. The summed E-state index contributed by atoms with van der Waals surface area (Å²) < 4.78 is 5.20. The normalized spacial score (nSPS) is 16.5. The van der Waals surface area contributed by atoms with Crippen LogP contribution in [0.15, 0.2) is 52.1 Å². The summed E-state index contributed by atoms with van der Waals surface area (Å²) in [5, 5.41) is 0. The lowest BCUT2D eigenvalue weighted by atomic mass is 10.2. The predicted molar refractivity (Wildman–Crippen MR) is 81.1 cm³/mol. The van der Waals surface area contributed by atoms with Crippen LogP contribution < -0.4 is 9.80 Å². The van der Waals surface area contributed by atoms with Crippen molar-refractivity contribution < 1.29 is 9.21 Å². The standard InChI is InChI=1S/C16H15N3O2/c20-14(15-7-3-10-21-15)11-19-13-6-2-1-5-12(13)18-9-4-8-17-16(18)19/h1-3,5-7,10H,4,8-9,11H2. The van der Waals surface area contributed by atoms with Crippen LogP contribution in [0.3, 0.4) is 0 Å². The van der Waals surface area contributed by atoms with Crippen molar-refractivity contribution >= 4 is 23.1 Å². The Labute approximate surface area is 122 Å². The van der Waals surface area contributed by atoms with Gasteiger partial charge in [-0.15, -0.1) is 0 Å². The fourth-order valence-corrected chi connectivity index (χ4v) is 2.90. The molecule has 21 heavy (non-hydrogen) atoms. The van der Waals surface area contributed by atoms with Gasteiger partial charge in [-0.1, -0.05) is 12.1 Å². The van der Waals surface area contributed by atoms with Gasteiger partial charge in [0.15, 0.2) is 5.76 Å². The molecule has 0 fully saturated rings. The predicted octanol–water partition coefficient (Wildman–Crippen LogP) is 2.55. The van der Waals surface area contributed by atoms with Crippen molar-refractivity contribution in [3.63, 3.8) is 0 Å². The lowest BCUT2D eigenvalue weighted by molar-refractivity contribution is 0.0976. The highest BCUT2D eigenvalue weighted by Crippen LogP contribution is 2.38. The van der Waals surface area contributed by atoms with E-state index in [2.05, 4.69) is 16.0 Å². The monoisotopic (exact) mass is 281 g/mol. The van der Waals surface area contributed by atoms with Crippen LogP contribution in [0.5, 0.6) is 0 Å². The molecule has 5 heteroatoms. The van der Waals surface area contributed by atoms with Crippen LogP contribution in [0.1, 0.15) is 17.0 Å². The summed E-state index contributed by atoms with van der Waals surface area (Å²) in [7, 11) is 0. The number of ketones is 1. The van der Waals surface area contributed by atoms with Crippen molar-refractivity contribution in [2.24, 2.45) is 4.99 Å². The van der Waals surface area contributed by atoms with E-state index in [9.17, 15) is 4.79 Å². The maximum Gasteiger partial charge on any atom is 0.217 e. The second-order valence-corrected chi connectivity index (χ2v) is 5.16. The summed E-state index contributed by atoms with van der Waals surface area (Å²) in [5.74, 6) is 1.23. The average molecular weight is 281 g/mol. The van der Waals surface area contributed by atoms with E-state index in [1.165, 1.54) is 6.26 Å². The van der Waals surface area contributed by atoms with E-state index in [1.807, 2.05) is 23.1 Å². The number of carbonyl (C=O) groups is 1. The Morgan fingerprint density at radius 1 is 1.19 bits per heavy atom. The van der Waals surface area contributed by atoms with Gasteiger partial charge in [0.05, 0.1) is 24.2 Å². The molecule has 2 aliphatic rings. The first-order valence-corrected chi connectivity index (χ1v) is 7.10. The van der Waals surface area contributed by atoms with Crippen molar-refractivity contribution in [3.8, 4) is 0 Å². The van der Waals surface area contributed by atoms with Crippen LogP contribution in [0.2, 0.25) is 0 Å². The molecule has 2 aliphatic heterocycles. The number of guanidine groups is 1. The second kappa shape index (κ2) is 4.77. The molecule has 2 aromatic rings. The average Bonchev–Trinajstić information content (AvgIpc) is 3.15. The highest BCUT2D eigenvalue weighted by molar-refractivity contribution is 6.19. The van der Waals surface area contributed by atoms with Crippen LogP contribution in [-0.2, 0) is 0 Å². The molecule has 0 saturated carbocycles. The third-order valence-electron chi connectivity index (χ3n) is 3.84. The van der Waals surface area contributed by atoms with Crippen molar-refractivity contribution in [2.75, 3.05) is 29.4 Å². The van der Waals surface area contributed by atoms with Crippen molar-refractivity contribution in [2.45, 2.75) is 6.42 Å². The summed E-state index contributed by atoms with van der Waals surface area (Å²) in [5.41, 5.74) is 2.17. The maximum atomic E-state index is 12.3.